The van der Waals surface area contributed by atoms with Crippen molar-refractivity contribution >= 4 is 23.2 Å². The summed E-state index contributed by atoms with van der Waals surface area (Å²) in [5.41, 5.74) is 0. The Kier molecular flexibility index (Phi) is 4.49. The van der Waals surface area contributed by atoms with Crippen LogP contribution in [0, 0.1) is 0 Å². The van der Waals surface area contributed by atoms with E-state index < -0.39 is 12.0 Å². The van der Waals surface area contributed by atoms with E-state index in [1.165, 1.54) is 11.8 Å². The summed E-state index contributed by atoms with van der Waals surface area (Å²) >= 11 is 1.55. The van der Waals surface area contributed by atoms with Crippen molar-refractivity contribution in [1.82, 2.24) is 5.32 Å². The molecule has 0 bridgehead atoms. The maximum Gasteiger partial charge on any atom is 0.305 e. The molecule has 1 heterocycles. The summed E-state index contributed by atoms with van der Waals surface area (Å²) in [6.07, 6.45) is 0.841. The molecule has 1 unspecified atom stereocenters. The number of aryl methyl sites for hydroxylation is 1. The first-order valence-electron chi connectivity index (χ1n) is 5.10. The molecule has 0 radical (unpaired) electrons. The van der Waals surface area contributed by atoms with Crippen molar-refractivity contribution in [2.45, 2.75) is 32.7 Å². The molecule has 1 aromatic heterocycles. The van der Waals surface area contributed by atoms with Crippen LogP contribution in [0.2, 0.25) is 0 Å². The lowest BCUT2D eigenvalue weighted by Crippen LogP contribution is -2.27. The van der Waals surface area contributed by atoms with Gasteiger partial charge in [-0.3, -0.25) is 9.59 Å². The molecule has 16 heavy (non-hydrogen) atoms. The predicted octanol–water partition coefficient (Wildman–Crippen LogP) is 1.96. The quantitative estimate of drug-likeness (QED) is 0.828. The molecule has 0 saturated carbocycles. The molecule has 0 saturated heterocycles. The molecule has 0 spiro atoms. The minimum atomic E-state index is -0.912. The predicted molar refractivity (Wildman–Crippen MR) is 62.5 cm³/mol. The minimum absolute atomic E-state index is 0.0801. The summed E-state index contributed by atoms with van der Waals surface area (Å²) in [6.45, 7) is 3.43. The summed E-state index contributed by atoms with van der Waals surface area (Å²) in [5.74, 6) is -1.12. The van der Waals surface area contributed by atoms with E-state index in [0.29, 0.717) is 0 Å². The molecule has 1 amide bonds. The number of hydrogen-bond donors (Lipinski definition) is 2. The van der Waals surface area contributed by atoms with Gasteiger partial charge in [0.2, 0.25) is 5.91 Å². The number of carboxylic acids is 1. The first kappa shape index (κ1) is 12.7. The highest BCUT2D eigenvalue weighted by atomic mass is 32.1. The molecule has 1 aromatic rings. The maximum absolute atomic E-state index is 11.0. The van der Waals surface area contributed by atoms with Crippen LogP contribution < -0.4 is 5.32 Å². The highest BCUT2D eigenvalue weighted by Gasteiger charge is 2.18. The zero-order chi connectivity index (χ0) is 12.1. The lowest BCUT2D eigenvalue weighted by molar-refractivity contribution is -0.137. The molecular weight excluding hydrogens is 226 g/mol. The number of hydrogen-bond acceptors (Lipinski definition) is 3. The summed E-state index contributed by atoms with van der Waals surface area (Å²) in [7, 11) is 0. The average molecular weight is 241 g/mol. The van der Waals surface area contributed by atoms with Gasteiger partial charge in [-0.05, 0) is 18.6 Å². The highest BCUT2D eigenvalue weighted by Crippen LogP contribution is 2.26. The van der Waals surface area contributed by atoms with Crippen LogP contribution in [0.1, 0.15) is 36.1 Å². The summed E-state index contributed by atoms with van der Waals surface area (Å²) in [6, 6.07) is 3.43. The summed E-state index contributed by atoms with van der Waals surface area (Å²) in [4.78, 5) is 23.8. The van der Waals surface area contributed by atoms with Gasteiger partial charge in [-0.1, -0.05) is 6.92 Å². The molecule has 0 aliphatic heterocycles. The largest absolute Gasteiger partial charge is 0.481 e. The van der Waals surface area contributed by atoms with Crippen LogP contribution >= 0.6 is 11.3 Å². The van der Waals surface area contributed by atoms with E-state index in [0.717, 1.165) is 11.3 Å². The van der Waals surface area contributed by atoms with Crippen LogP contribution in [-0.4, -0.2) is 17.0 Å². The maximum atomic E-state index is 11.0. The molecular formula is C11H15NO3S. The topological polar surface area (TPSA) is 66.4 Å². The molecule has 0 aromatic carbocycles. The van der Waals surface area contributed by atoms with Gasteiger partial charge in [0.05, 0.1) is 12.5 Å². The van der Waals surface area contributed by atoms with E-state index in [-0.39, 0.29) is 12.3 Å². The first-order valence-corrected chi connectivity index (χ1v) is 5.92. The van der Waals surface area contributed by atoms with Crippen molar-refractivity contribution in [3.63, 3.8) is 0 Å². The lowest BCUT2D eigenvalue weighted by Gasteiger charge is -2.13. The fourth-order valence-electron chi connectivity index (χ4n) is 1.41. The summed E-state index contributed by atoms with van der Waals surface area (Å²) in [5, 5.41) is 11.4. The Labute approximate surface area is 98.3 Å². The second-order valence-electron chi connectivity index (χ2n) is 3.51. The van der Waals surface area contributed by atoms with Crippen molar-refractivity contribution in [1.29, 1.82) is 0 Å². The highest BCUT2D eigenvalue weighted by molar-refractivity contribution is 7.12. The van der Waals surface area contributed by atoms with Crippen molar-refractivity contribution in [3.8, 4) is 0 Å². The average Bonchev–Trinajstić information content (AvgIpc) is 2.63. The number of nitrogens with one attached hydrogen (secondary N) is 1. The lowest BCUT2D eigenvalue weighted by atomic mass is 10.1. The zero-order valence-electron chi connectivity index (χ0n) is 9.32. The van der Waals surface area contributed by atoms with Gasteiger partial charge in [-0.25, -0.2) is 0 Å². The first-order chi connectivity index (χ1) is 7.52. The van der Waals surface area contributed by atoms with Crippen molar-refractivity contribution in [2.24, 2.45) is 0 Å². The van der Waals surface area contributed by atoms with Crippen LogP contribution in [0.15, 0.2) is 12.1 Å². The second kappa shape index (κ2) is 5.65. The van der Waals surface area contributed by atoms with E-state index in [9.17, 15) is 9.59 Å². The van der Waals surface area contributed by atoms with Crippen LogP contribution in [0.5, 0.6) is 0 Å². The Morgan fingerprint density at radius 1 is 1.50 bits per heavy atom. The number of carbonyl (C=O) groups excluding carboxylic acids is 1. The molecule has 2 N–H and O–H groups in total. The number of carboxylic acid groups (broad SMARTS) is 1. The van der Waals surface area contributed by atoms with Crippen molar-refractivity contribution < 1.29 is 14.7 Å². The minimum Gasteiger partial charge on any atom is -0.481 e. The van der Waals surface area contributed by atoms with Crippen LogP contribution in [0.4, 0.5) is 0 Å². The smallest absolute Gasteiger partial charge is 0.305 e. The van der Waals surface area contributed by atoms with E-state index in [1.54, 1.807) is 11.3 Å². The van der Waals surface area contributed by atoms with Crippen LogP contribution in [-0.2, 0) is 16.0 Å². The zero-order valence-corrected chi connectivity index (χ0v) is 10.1. The normalized spacial score (nSPS) is 12.1. The van der Waals surface area contributed by atoms with Gasteiger partial charge >= 0.3 is 5.97 Å². The number of rotatable bonds is 5. The van der Waals surface area contributed by atoms with Crippen LogP contribution in [0.3, 0.4) is 0 Å². The standard InChI is InChI=1S/C11H15NO3S/c1-3-8-4-5-10(16-8)9(6-11(14)15)12-7(2)13/h4-5,9H,3,6H2,1-2H3,(H,12,13)(H,14,15). The molecule has 88 valence electrons. The Bertz CT molecular complexity index is 370. The second-order valence-corrected chi connectivity index (χ2v) is 4.71. The van der Waals surface area contributed by atoms with E-state index in [2.05, 4.69) is 5.32 Å². The third-order valence-electron chi connectivity index (χ3n) is 2.13. The molecule has 4 nitrogen and oxygen atoms in total. The van der Waals surface area contributed by atoms with E-state index >= 15 is 0 Å². The Morgan fingerprint density at radius 2 is 2.19 bits per heavy atom. The molecule has 0 aliphatic carbocycles. The molecule has 5 heteroatoms. The third kappa shape index (κ3) is 3.66. The number of thiophene rings is 1. The van der Waals surface area contributed by atoms with Crippen LogP contribution in [0.25, 0.3) is 0 Å². The van der Waals surface area contributed by atoms with Gasteiger partial charge < -0.3 is 10.4 Å². The van der Waals surface area contributed by atoms with Gasteiger partial charge in [0.25, 0.3) is 0 Å². The Hall–Kier alpha value is -1.36. The third-order valence-corrected chi connectivity index (χ3v) is 3.47. The number of aliphatic carboxylic acids is 1. The molecule has 1 atom stereocenters. The summed E-state index contributed by atoms with van der Waals surface area (Å²) < 4.78 is 0. The van der Waals surface area contributed by atoms with Gasteiger partial charge in [0, 0.05) is 16.7 Å². The van der Waals surface area contributed by atoms with Gasteiger partial charge in [-0.15, -0.1) is 11.3 Å². The van der Waals surface area contributed by atoms with Crippen molar-refractivity contribution in [2.75, 3.05) is 0 Å². The fraction of sp³-hybridized carbons (Fsp3) is 0.455. The van der Waals surface area contributed by atoms with Crippen molar-refractivity contribution in [3.05, 3.63) is 21.9 Å². The van der Waals surface area contributed by atoms with E-state index in [1.807, 2.05) is 19.1 Å². The van der Waals surface area contributed by atoms with E-state index in [4.69, 9.17) is 5.11 Å². The van der Waals surface area contributed by atoms with Gasteiger partial charge in [-0.2, -0.15) is 0 Å². The van der Waals surface area contributed by atoms with Gasteiger partial charge in [0.1, 0.15) is 0 Å². The SMILES string of the molecule is CCc1ccc(C(CC(=O)O)NC(C)=O)s1. The van der Waals surface area contributed by atoms with Gasteiger partial charge in [0.15, 0.2) is 0 Å². The Morgan fingerprint density at radius 3 is 2.62 bits per heavy atom. The Balaban J connectivity index is 2.82. The fourth-order valence-corrected chi connectivity index (χ4v) is 2.42. The molecule has 1 rings (SSSR count). The number of carbonyl (C=O) groups is 2. The monoisotopic (exact) mass is 241 g/mol. The number of amides is 1. The molecule has 0 aliphatic rings. The molecule has 0 fully saturated rings.